The van der Waals surface area contributed by atoms with Crippen LogP contribution in [0.5, 0.6) is 5.75 Å². The summed E-state index contributed by atoms with van der Waals surface area (Å²) in [7, 11) is 1.56. The van der Waals surface area contributed by atoms with Crippen LogP contribution in [0.4, 0.5) is 17.3 Å². The monoisotopic (exact) mass is 480 g/mol. The lowest BCUT2D eigenvalue weighted by molar-refractivity contribution is 0.0987. The highest BCUT2D eigenvalue weighted by atomic mass is 35.5. The van der Waals surface area contributed by atoms with Gasteiger partial charge in [0.05, 0.1) is 25.3 Å². The Morgan fingerprint density at radius 1 is 1.12 bits per heavy atom. The molecule has 0 unspecified atom stereocenters. The van der Waals surface area contributed by atoms with Gasteiger partial charge in [0.2, 0.25) is 5.95 Å². The summed E-state index contributed by atoms with van der Waals surface area (Å²) in [4.78, 5) is 23.4. The third-order valence-corrected chi connectivity index (χ3v) is 6.29. The molecule has 0 aliphatic carbocycles. The first-order chi connectivity index (χ1) is 16.6. The number of carbonyl (C=O) groups is 1. The number of aryl methyl sites for hydroxylation is 2. The molecular formula is C26H29ClN4O3. The van der Waals surface area contributed by atoms with Crippen LogP contribution in [0.1, 0.15) is 34.8 Å². The van der Waals surface area contributed by atoms with Crippen molar-refractivity contribution in [2.75, 3.05) is 43.6 Å². The molecule has 3 aromatic rings. The van der Waals surface area contributed by atoms with Gasteiger partial charge in [-0.25, -0.2) is 9.97 Å². The molecule has 0 amide bonds. The van der Waals surface area contributed by atoms with Crippen LogP contribution >= 0.6 is 11.6 Å². The second-order valence-electron chi connectivity index (χ2n) is 8.11. The number of benzene rings is 2. The minimum atomic E-state index is 0.0629. The van der Waals surface area contributed by atoms with Crippen LogP contribution in [0.25, 0.3) is 0 Å². The third kappa shape index (κ3) is 5.85. The van der Waals surface area contributed by atoms with E-state index in [-0.39, 0.29) is 5.78 Å². The van der Waals surface area contributed by atoms with Crippen LogP contribution in [-0.2, 0) is 17.6 Å². The van der Waals surface area contributed by atoms with Gasteiger partial charge in [-0.15, -0.1) is 0 Å². The van der Waals surface area contributed by atoms with Crippen molar-refractivity contribution in [3.05, 3.63) is 70.5 Å². The van der Waals surface area contributed by atoms with E-state index in [1.165, 1.54) is 5.69 Å². The Morgan fingerprint density at radius 3 is 2.47 bits per heavy atom. The van der Waals surface area contributed by atoms with E-state index in [0.717, 1.165) is 43.1 Å². The molecule has 7 nitrogen and oxygen atoms in total. The predicted molar refractivity (Wildman–Crippen MR) is 135 cm³/mol. The molecule has 1 N–H and O–H groups in total. The van der Waals surface area contributed by atoms with Crippen LogP contribution in [0.15, 0.2) is 48.8 Å². The van der Waals surface area contributed by atoms with E-state index < -0.39 is 0 Å². The zero-order chi connectivity index (χ0) is 23.9. The second kappa shape index (κ2) is 11.3. The molecular weight excluding hydrogens is 452 g/mol. The zero-order valence-electron chi connectivity index (χ0n) is 19.5. The predicted octanol–water partition coefficient (Wildman–Crippen LogP) is 5.10. The third-order valence-electron chi connectivity index (χ3n) is 5.87. The smallest absolute Gasteiger partial charge is 0.227 e. The van der Waals surface area contributed by atoms with E-state index in [9.17, 15) is 4.79 Å². The number of ketones is 1. The summed E-state index contributed by atoms with van der Waals surface area (Å²) in [5.41, 5.74) is 4.59. The van der Waals surface area contributed by atoms with Gasteiger partial charge < -0.3 is 19.7 Å². The number of rotatable bonds is 9. The fourth-order valence-corrected chi connectivity index (χ4v) is 4.17. The number of carbonyl (C=O) groups excluding carboxylic acids is 1. The van der Waals surface area contributed by atoms with Crippen LogP contribution in [0.2, 0.25) is 5.02 Å². The Bertz CT molecular complexity index is 1110. The Balaban J connectivity index is 1.37. The van der Waals surface area contributed by atoms with Gasteiger partial charge in [0.1, 0.15) is 5.75 Å². The molecule has 1 aliphatic heterocycles. The minimum absolute atomic E-state index is 0.0629. The van der Waals surface area contributed by atoms with Crippen LogP contribution in [0.3, 0.4) is 0 Å². The number of hydrogen-bond acceptors (Lipinski definition) is 7. The molecule has 1 aromatic heterocycles. The van der Waals surface area contributed by atoms with Crippen LogP contribution in [-0.4, -0.2) is 49.2 Å². The number of hydrogen-bond donors (Lipinski definition) is 1. The van der Waals surface area contributed by atoms with Gasteiger partial charge in [0.15, 0.2) is 5.78 Å². The summed E-state index contributed by atoms with van der Waals surface area (Å²) in [5.74, 6) is 1.12. The Labute approximate surface area is 205 Å². The molecule has 0 saturated carbocycles. The molecule has 0 atom stereocenters. The molecule has 178 valence electrons. The van der Waals surface area contributed by atoms with Crippen molar-refractivity contribution in [2.24, 2.45) is 0 Å². The minimum Gasteiger partial charge on any atom is -0.495 e. The van der Waals surface area contributed by atoms with Gasteiger partial charge in [-0.05, 0) is 60.4 Å². The van der Waals surface area contributed by atoms with Gasteiger partial charge >= 0.3 is 0 Å². The molecule has 8 heteroatoms. The fraction of sp³-hybridized carbons (Fsp3) is 0.346. The Morgan fingerprint density at radius 2 is 1.82 bits per heavy atom. The number of nitrogens with zero attached hydrogens (tertiary/aromatic N) is 3. The number of halogens is 1. The molecule has 1 saturated heterocycles. The summed E-state index contributed by atoms with van der Waals surface area (Å²) in [6, 6.07) is 11.8. The molecule has 1 aliphatic rings. The maximum Gasteiger partial charge on any atom is 0.227 e. The number of ether oxygens (including phenoxy) is 2. The van der Waals surface area contributed by atoms with E-state index in [4.69, 9.17) is 21.1 Å². The van der Waals surface area contributed by atoms with E-state index in [1.807, 2.05) is 37.5 Å². The van der Waals surface area contributed by atoms with Gasteiger partial charge in [0, 0.05) is 48.8 Å². The largest absolute Gasteiger partial charge is 0.495 e. The van der Waals surface area contributed by atoms with Crippen molar-refractivity contribution in [3.8, 4) is 5.75 Å². The molecule has 4 rings (SSSR count). The molecule has 0 radical (unpaired) electrons. The summed E-state index contributed by atoms with van der Waals surface area (Å²) in [5, 5.41) is 3.78. The lowest BCUT2D eigenvalue weighted by atomic mass is 10.0. The average Bonchev–Trinajstić information content (AvgIpc) is 2.89. The maximum absolute atomic E-state index is 12.2. The fourth-order valence-electron chi connectivity index (χ4n) is 3.88. The number of methoxy groups -OCH3 is 1. The van der Waals surface area contributed by atoms with E-state index in [2.05, 4.69) is 32.3 Å². The number of nitrogens with one attached hydrogen (secondary N) is 1. The Kier molecular flexibility index (Phi) is 7.98. The zero-order valence-corrected chi connectivity index (χ0v) is 20.3. The molecule has 2 aromatic carbocycles. The molecule has 0 bridgehead atoms. The highest BCUT2D eigenvalue weighted by molar-refractivity contribution is 6.33. The van der Waals surface area contributed by atoms with Gasteiger partial charge in [-0.2, -0.15) is 0 Å². The van der Waals surface area contributed by atoms with Crippen molar-refractivity contribution >= 4 is 34.7 Å². The highest BCUT2D eigenvalue weighted by Gasteiger charge is 2.14. The molecule has 1 fully saturated rings. The van der Waals surface area contributed by atoms with Crippen molar-refractivity contribution in [1.82, 2.24) is 9.97 Å². The topological polar surface area (TPSA) is 76.6 Å². The molecule has 2 heterocycles. The normalized spacial score (nSPS) is 13.6. The van der Waals surface area contributed by atoms with Crippen LogP contribution in [0, 0.1) is 0 Å². The summed E-state index contributed by atoms with van der Waals surface area (Å²) in [6.07, 6.45) is 5.40. The number of aromatic nitrogens is 2. The number of anilines is 3. The quantitative estimate of drug-likeness (QED) is 0.427. The van der Waals surface area contributed by atoms with Crippen molar-refractivity contribution in [2.45, 2.75) is 26.2 Å². The van der Waals surface area contributed by atoms with Gasteiger partial charge in [-0.3, -0.25) is 4.79 Å². The van der Waals surface area contributed by atoms with Crippen molar-refractivity contribution < 1.29 is 14.3 Å². The van der Waals surface area contributed by atoms with E-state index in [1.54, 1.807) is 13.2 Å². The summed E-state index contributed by atoms with van der Waals surface area (Å²) < 4.78 is 10.8. The lowest BCUT2D eigenvalue weighted by Crippen LogP contribution is -2.36. The second-order valence-corrected chi connectivity index (χ2v) is 8.49. The first-order valence-electron chi connectivity index (χ1n) is 11.5. The van der Waals surface area contributed by atoms with E-state index >= 15 is 0 Å². The number of morpholine rings is 1. The van der Waals surface area contributed by atoms with Crippen molar-refractivity contribution in [1.29, 1.82) is 0 Å². The first kappa shape index (κ1) is 24.0. The van der Waals surface area contributed by atoms with Crippen molar-refractivity contribution in [3.63, 3.8) is 0 Å². The Hall–Kier alpha value is -3.16. The summed E-state index contributed by atoms with van der Waals surface area (Å²) in [6.45, 7) is 5.20. The molecule has 0 spiro atoms. The lowest BCUT2D eigenvalue weighted by Gasteiger charge is -2.28. The highest BCUT2D eigenvalue weighted by Crippen LogP contribution is 2.31. The SMILES string of the molecule is CCC(=O)c1cc(CCc2cnc(Nc3ccc(N4CCOCC4)cc3)nc2)c(Cl)c(OC)c1. The maximum atomic E-state index is 12.2. The summed E-state index contributed by atoms with van der Waals surface area (Å²) >= 11 is 6.48. The van der Waals surface area contributed by atoms with Gasteiger partial charge in [-0.1, -0.05) is 18.5 Å². The first-order valence-corrected chi connectivity index (χ1v) is 11.9. The van der Waals surface area contributed by atoms with Crippen LogP contribution < -0.4 is 15.0 Å². The van der Waals surface area contributed by atoms with E-state index in [0.29, 0.717) is 41.5 Å². The average molecular weight is 481 g/mol. The standard InChI is InChI=1S/C26H29ClN4O3/c1-3-23(32)20-14-19(25(27)24(15-20)33-2)5-4-18-16-28-26(29-17-18)30-21-6-8-22(9-7-21)31-10-12-34-13-11-31/h6-9,14-17H,3-5,10-13H2,1-2H3,(H,28,29,30). The number of Topliss-reactive ketones (excluding diaryl/α,β-unsaturated/α-hetero) is 1. The molecule has 34 heavy (non-hydrogen) atoms. The van der Waals surface area contributed by atoms with Gasteiger partial charge in [0.25, 0.3) is 0 Å².